The predicted octanol–water partition coefficient (Wildman–Crippen LogP) is 3.67. The third-order valence-corrected chi connectivity index (χ3v) is 5.30. The summed E-state index contributed by atoms with van der Waals surface area (Å²) in [6.07, 6.45) is -5.95. The van der Waals surface area contributed by atoms with Crippen molar-refractivity contribution in [2.24, 2.45) is 5.73 Å². The summed E-state index contributed by atoms with van der Waals surface area (Å²) < 4.78 is 72.5. The first-order valence-corrected chi connectivity index (χ1v) is 9.96. The molecule has 0 fully saturated rings. The fourth-order valence-electron chi connectivity index (χ4n) is 2.56. The summed E-state index contributed by atoms with van der Waals surface area (Å²) in [5, 5.41) is 0.415. The number of rotatable bonds is 5. The van der Waals surface area contributed by atoms with E-state index in [-0.39, 0.29) is 5.56 Å². The minimum Gasteiger partial charge on any atom is -0.460 e. The molecule has 11 heteroatoms. The zero-order chi connectivity index (χ0) is 21.4. The van der Waals surface area contributed by atoms with E-state index in [1.165, 1.54) is 24.3 Å². The maximum atomic E-state index is 12.7. The molecule has 2 aromatic rings. The molecule has 0 saturated carbocycles. The first kappa shape index (κ1) is 21.0. The van der Waals surface area contributed by atoms with Crippen LogP contribution in [-0.4, -0.2) is 14.2 Å². The summed E-state index contributed by atoms with van der Waals surface area (Å²) in [7, 11) is -4.26. The van der Waals surface area contributed by atoms with Crippen LogP contribution in [0.25, 0.3) is 0 Å². The van der Waals surface area contributed by atoms with Crippen molar-refractivity contribution < 1.29 is 35.3 Å². The van der Waals surface area contributed by atoms with Gasteiger partial charge in [0.15, 0.2) is 6.10 Å². The zero-order valence-electron chi connectivity index (χ0n) is 14.4. The van der Waals surface area contributed by atoms with Gasteiger partial charge in [0.25, 0.3) is 0 Å². The second-order valence-electron chi connectivity index (χ2n) is 6.09. The quantitative estimate of drug-likeness (QED) is 0.702. The average Bonchev–Trinajstić information content (AvgIpc) is 2.91. The third-order valence-electron chi connectivity index (χ3n) is 3.94. The van der Waals surface area contributed by atoms with Crippen molar-refractivity contribution in [2.75, 3.05) is 0 Å². The first-order chi connectivity index (χ1) is 13.5. The lowest BCUT2D eigenvalue weighted by Gasteiger charge is -2.12. The van der Waals surface area contributed by atoms with Crippen molar-refractivity contribution in [3.8, 4) is 0 Å². The molecule has 0 amide bonds. The first-order valence-electron chi connectivity index (χ1n) is 8.00. The van der Waals surface area contributed by atoms with Crippen LogP contribution >= 0.6 is 11.6 Å². The molecule has 29 heavy (non-hydrogen) atoms. The lowest BCUT2D eigenvalue weighted by atomic mass is 10.0. The Morgan fingerprint density at radius 3 is 2.21 bits per heavy atom. The van der Waals surface area contributed by atoms with Gasteiger partial charge in [-0.3, -0.25) is 4.79 Å². The van der Waals surface area contributed by atoms with E-state index in [0.717, 1.165) is 24.3 Å². The SMILES string of the molecule is NC1=C(OS(=O)(=O)Cc2ccc(Cl)cc2)C(=O)C(c2ccc(C(F)(F)F)cc2)O1. The molecule has 0 radical (unpaired) electrons. The molecule has 2 N–H and O–H groups in total. The molecule has 2 aromatic carbocycles. The molecule has 1 aliphatic heterocycles. The summed E-state index contributed by atoms with van der Waals surface area (Å²) in [6.45, 7) is 0. The van der Waals surface area contributed by atoms with Crippen LogP contribution < -0.4 is 5.73 Å². The van der Waals surface area contributed by atoms with Gasteiger partial charge in [-0.05, 0) is 29.8 Å². The number of ether oxygens (including phenoxy) is 1. The van der Waals surface area contributed by atoms with E-state index in [0.29, 0.717) is 10.6 Å². The van der Waals surface area contributed by atoms with Crippen LogP contribution in [0.15, 0.2) is 60.2 Å². The Kier molecular flexibility index (Phi) is 5.50. The number of carbonyl (C=O) groups is 1. The molecule has 154 valence electrons. The van der Waals surface area contributed by atoms with Crippen molar-refractivity contribution in [3.63, 3.8) is 0 Å². The summed E-state index contributed by atoms with van der Waals surface area (Å²) in [5.74, 6) is -2.76. The molecule has 1 atom stereocenters. The Bertz CT molecular complexity index is 1060. The molecule has 6 nitrogen and oxygen atoms in total. The lowest BCUT2D eigenvalue weighted by Crippen LogP contribution is -2.16. The fourth-order valence-corrected chi connectivity index (χ4v) is 3.77. The van der Waals surface area contributed by atoms with Crippen molar-refractivity contribution in [3.05, 3.63) is 81.9 Å². The number of carbonyl (C=O) groups excluding carboxylic acids is 1. The number of hydrogen-bond acceptors (Lipinski definition) is 6. The van der Waals surface area contributed by atoms with Crippen LogP contribution in [-0.2, 0) is 35.8 Å². The highest BCUT2D eigenvalue weighted by Crippen LogP contribution is 2.35. The van der Waals surface area contributed by atoms with Gasteiger partial charge in [0.2, 0.25) is 17.4 Å². The van der Waals surface area contributed by atoms with Crippen molar-refractivity contribution >= 4 is 27.5 Å². The van der Waals surface area contributed by atoms with Crippen molar-refractivity contribution in [1.82, 2.24) is 0 Å². The standard InChI is InChI=1S/C18H13ClF3NO5S/c19-13-7-1-10(2-8-13)9-29(25,26)28-16-14(24)15(27-17(16)23)11-3-5-12(6-4-11)18(20,21)22/h1-8,15H,9,23H2. The largest absolute Gasteiger partial charge is 0.460 e. The Hall–Kier alpha value is -2.72. The second-order valence-corrected chi connectivity index (χ2v) is 8.09. The topological polar surface area (TPSA) is 95.7 Å². The molecule has 0 aliphatic carbocycles. The van der Waals surface area contributed by atoms with Gasteiger partial charge in [0, 0.05) is 10.6 Å². The highest BCUT2D eigenvalue weighted by molar-refractivity contribution is 7.86. The number of Topliss-reactive ketones (excluding diaryl/α,β-unsaturated/α-hetero) is 1. The Morgan fingerprint density at radius 1 is 1.07 bits per heavy atom. The number of ketones is 1. The van der Waals surface area contributed by atoms with Crippen LogP contribution in [0.4, 0.5) is 13.2 Å². The molecule has 1 unspecified atom stereocenters. The Morgan fingerprint density at radius 2 is 1.66 bits per heavy atom. The molecular weight excluding hydrogens is 435 g/mol. The summed E-state index contributed by atoms with van der Waals surface area (Å²) >= 11 is 5.74. The summed E-state index contributed by atoms with van der Waals surface area (Å²) in [6, 6.07) is 9.57. The maximum Gasteiger partial charge on any atom is 0.416 e. The fraction of sp³-hybridized carbons (Fsp3) is 0.167. The maximum absolute atomic E-state index is 12.7. The lowest BCUT2D eigenvalue weighted by molar-refractivity contribution is -0.137. The third kappa shape index (κ3) is 4.83. The molecule has 0 spiro atoms. The van der Waals surface area contributed by atoms with Crippen LogP contribution in [0.5, 0.6) is 0 Å². The van der Waals surface area contributed by atoms with E-state index in [4.69, 9.17) is 26.3 Å². The highest BCUT2D eigenvalue weighted by atomic mass is 35.5. The van der Waals surface area contributed by atoms with E-state index < -0.39 is 51.1 Å². The van der Waals surface area contributed by atoms with Crippen molar-refractivity contribution in [2.45, 2.75) is 18.0 Å². The van der Waals surface area contributed by atoms with Crippen LogP contribution in [0.3, 0.4) is 0 Å². The molecule has 0 saturated heterocycles. The van der Waals surface area contributed by atoms with Crippen LogP contribution in [0, 0.1) is 0 Å². The summed E-state index contributed by atoms with van der Waals surface area (Å²) in [5.41, 5.74) is 5.09. The molecule has 0 aromatic heterocycles. The second kappa shape index (κ2) is 7.60. The average molecular weight is 448 g/mol. The molecule has 1 heterocycles. The molecule has 0 bridgehead atoms. The molecule has 1 aliphatic rings. The van der Waals surface area contributed by atoms with Gasteiger partial charge < -0.3 is 14.7 Å². The van der Waals surface area contributed by atoms with Gasteiger partial charge in [-0.25, -0.2) is 0 Å². The predicted molar refractivity (Wildman–Crippen MR) is 96.7 cm³/mol. The van der Waals surface area contributed by atoms with Crippen molar-refractivity contribution in [1.29, 1.82) is 0 Å². The number of alkyl halides is 3. The number of hydrogen-bond donors (Lipinski definition) is 1. The Labute approximate surface area is 168 Å². The van der Waals surface area contributed by atoms with Crippen LogP contribution in [0.1, 0.15) is 22.8 Å². The van der Waals surface area contributed by atoms with Gasteiger partial charge in [-0.15, -0.1) is 0 Å². The van der Waals surface area contributed by atoms with Gasteiger partial charge in [-0.2, -0.15) is 21.6 Å². The van der Waals surface area contributed by atoms with E-state index in [1.54, 1.807) is 0 Å². The minimum atomic E-state index is -4.54. The normalized spacial score (nSPS) is 17.4. The number of halogens is 4. The number of benzene rings is 2. The minimum absolute atomic E-state index is 0.0691. The van der Waals surface area contributed by atoms with E-state index in [2.05, 4.69) is 0 Å². The molecule has 3 rings (SSSR count). The van der Waals surface area contributed by atoms with Gasteiger partial charge >= 0.3 is 16.3 Å². The van der Waals surface area contributed by atoms with Gasteiger partial charge in [-0.1, -0.05) is 35.9 Å². The van der Waals surface area contributed by atoms with E-state index in [9.17, 15) is 26.4 Å². The molecular formula is C18H13ClF3NO5S. The van der Waals surface area contributed by atoms with E-state index >= 15 is 0 Å². The monoisotopic (exact) mass is 447 g/mol. The Balaban J connectivity index is 1.75. The smallest absolute Gasteiger partial charge is 0.416 e. The summed E-state index contributed by atoms with van der Waals surface area (Å²) in [4.78, 5) is 12.5. The van der Waals surface area contributed by atoms with Gasteiger partial charge in [0.05, 0.1) is 5.56 Å². The van der Waals surface area contributed by atoms with Crippen LogP contribution in [0.2, 0.25) is 5.02 Å². The van der Waals surface area contributed by atoms with Gasteiger partial charge in [0.1, 0.15) is 5.75 Å². The number of nitrogens with two attached hydrogens (primary N) is 1. The van der Waals surface area contributed by atoms with E-state index in [1.807, 2.05) is 0 Å². The highest BCUT2D eigenvalue weighted by Gasteiger charge is 2.40. The zero-order valence-corrected chi connectivity index (χ0v) is 16.0.